The van der Waals surface area contributed by atoms with Crippen LogP contribution in [0, 0.1) is 10.1 Å². The highest BCUT2D eigenvalue weighted by atomic mass is 35.5. The predicted molar refractivity (Wildman–Crippen MR) is 73.5 cm³/mol. The minimum absolute atomic E-state index is 0.0194. The summed E-state index contributed by atoms with van der Waals surface area (Å²) in [6.45, 7) is 0.205. The van der Waals surface area contributed by atoms with Gasteiger partial charge < -0.3 is 10.4 Å². The molecule has 0 bridgehead atoms. The highest BCUT2D eigenvalue weighted by molar-refractivity contribution is 6.31. The van der Waals surface area contributed by atoms with Gasteiger partial charge in [0.05, 0.1) is 4.92 Å². The molecule has 0 aromatic heterocycles. The molecule has 2 aromatic carbocycles. The van der Waals surface area contributed by atoms with Crippen molar-refractivity contribution in [2.75, 3.05) is 5.32 Å². The molecule has 0 amide bonds. The molecular weight excluding hydrogens is 268 g/mol. The van der Waals surface area contributed by atoms with E-state index in [1.54, 1.807) is 30.3 Å². The first-order valence-corrected chi connectivity index (χ1v) is 5.91. The Morgan fingerprint density at radius 1 is 1.21 bits per heavy atom. The molecule has 0 saturated heterocycles. The molecule has 0 aliphatic heterocycles. The lowest BCUT2D eigenvalue weighted by atomic mass is 10.2. The van der Waals surface area contributed by atoms with Gasteiger partial charge in [0.1, 0.15) is 11.4 Å². The van der Waals surface area contributed by atoms with Gasteiger partial charge in [0.2, 0.25) is 0 Å². The SMILES string of the molecule is O=[N+]([O-])c1ccccc1NCc1c(O)cccc1Cl. The van der Waals surface area contributed by atoms with Gasteiger partial charge in [-0.3, -0.25) is 10.1 Å². The fourth-order valence-electron chi connectivity index (χ4n) is 1.69. The quantitative estimate of drug-likeness (QED) is 0.662. The summed E-state index contributed by atoms with van der Waals surface area (Å²) in [5, 5.41) is 23.9. The Labute approximate surface area is 114 Å². The van der Waals surface area contributed by atoms with Crippen molar-refractivity contribution in [2.24, 2.45) is 0 Å². The first kappa shape index (κ1) is 13.2. The number of phenols is 1. The second kappa shape index (κ2) is 5.58. The monoisotopic (exact) mass is 278 g/mol. The van der Waals surface area contributed by atoms with Crippen molar-refractivity contribution in [3.8, 4) is 5.75 Å². The number of halogens is 1. The van der Waals surface area contributed by atoms with Crippen LogP contribution in [0.4, 0.5) is 11.4 Å². The predicted octanol–water partition coefficient (Wildman–Crippen LogP) is 3.57. The maximum atomic E-state index is 10.9. The van der Waals surface area contributed by atoms with Crippen LogP contribution in [0.3, 0.4) is 0 Å². The molecule has 0 unspecified atom stereocenters. The number of benzene rings is 2. The van der Waals surface area contributed by atoms with Crippen LogP contribution in [-0.4, -0.2) is 10.0 Å². The molecule has 2 aromatic rings. The molecule has 0 radical (unpaired) electrons. The Morgan fingerprint density at radius 3 is 2.63 bits per heavy atom. The third-order valence-corrected chi connectivity index (χ3v) is 3.00. The fourth-order valence-corrected chi connectivity index (χ4v) is 1.92. The molecule has 2 N–H and O–H groups in total. The van der Waals surface area contributed by atoms with E-state index in [9.17, 15) is 15.2 Å². The van der Waals surface area contributed by atoms with E-state index in [1.807, 2.05) is 0 Å². The molecule has 0 atom stereocenters. The van der Waals surface area contributed by atoms with E-state index in [0.29, 0.717) is 16.3 Å². The molecule has 0 fully saturated rings. The summed E-state index contributed by atoms with van der Waals surface area (Å²) in [7, 11) is 0. The van der Waals surface area contributed by atoms with Gasteiger partial charge in [0, 0.05) is 23.2 Å². The largest absolute Gasteiger partial charge is 0.508 e. The van der Waals surface area contributed by atoms with E-state index < -0.39 is 4.92 Å². The van der Waals surface area contributed by atoms with Crippen LogP contribution in [0.15, 0.2) is 42.5 Å². The van der Waals surface area contributed by atoms with Crippen LogP contribution in [0.2, 0.25) is 5.02 Å². The van der Waals surface area contributed by atoms with Gasteiger partial charge >= 0.3 is 0 Å². The van der Waals surface area contributed by atoms with Gasteiger partial charge in [-0.05, 0) is 18.2 Å². The van der Waals surface area contributed by atoms with E-state index >= 15 is 0 Å². The van der Waals surface area contributed by atoms with Crippen molar-refractivity contribution in [2.45, 2.75) is 6.54 Å². The molecule has 0 heterocycles. The van der Waals surface area contributed by atoms with Gasteiger partial charge in [-0.1, -0.05) is 29.8 Å². The highest BCUT2D eigenvalue weighted by Gasteiger charge is 2.13. The lowest BCUT2D eigenvalue weighted by Crippen LogP contribution is -2.03. The number of nitrogens with one attached hydrogen (secondary N) is 1. The summed E-state index contributed by atoms with van der Waals surface area (Å²) in [5.74, 6) is 0.0542. The molecule has 5 nitrogen and oxygen atoms in total. The molecule has 98 valence electrons. The molecule has 0 aliphatic carbocycles. The van der Waals surface area contributed by atoms with Crippen LogP contribution in [-0.2, 0) is 6.54 Å². The number of nitrogens with zero attached hydrogens (tertiary/aromatic N) is 1. The first-order chi connectivity index (χ1) is 9.09. The number of nitro benzene ring substituents is 1. The molecule has 0 spiro atoms. The van der Waals surface area contributed by atoms with Crippen molar-refractivity contribution in [3.05, 3.63) is 63.2 Å². The third kappa shape index (κ3) is 2.95. The number of rotatable bonds is 4. The Kier molecular flexibility index (Phi) is 3.87. The molecule has 0 aliphatic rings. The second-order valence-electron chi connectivity index (χ2n) is 3.87. The molecule has 0 saturated carbocycles. The number of anilines is 1. The zero-order valence-electron chi connectivity index (χ0n) is 9.84. The Hall–Kier alpha value is -2.27. The summed E-state index contributed by atoms with van der Waals surface area (Å²) in [6, 6.07) is 11.1. The lowest BCUT2D eigenvalue weighted by Gasteiger charge is -2.09. The minimum atomic E-state index is -0.464. The number of hydrogen-bond donors (Lipinski definition) is 2. The van der Waals surface area contributed by atoms with Crippen LogP contribution in [0.5, 0.6) is 5.75 Å². The Morgan fingerprint density at radius 2 is 1.95 bits per heavy atom. The number of aromatic hydroxyl groups is 1. The van der Waals surface area contributed by atoms with E-state index in [1.165, 1.54) is 12.1 Å². The van der Waals surface area contributed by atoms with Crippen molar-refractivity contribution in [1.29, 1.82) is 0 Å². The fraction of sp³-hybridized carbons (Fsp3) is 0.0769. The maximum Gasteiger partial charge on any atom is 0.292 e. The van der Waals surface area contributed by atoms with Crippen molar-refractivity contribution >= 4 is 23.0 Å². The van der Waals surface area contributed by atoms with Crippen LogP contribution in [0.25, 0.3) is 0 Å². The van der Waals surface area contributed by atoms with Crippen LogP contribution < -0.4 is 5.32 Å². The van der Waals surface area contributed by atoms with E-state index in [-0.39, 0.29) is 18.0 Å². The van der Waals surface area contributed by atoms with Gasteiger partial charge in [0.15, 0.2) is 0 Å². The van der Waals surface area contributed by atoms with E-state index in [0.717, 1.165) is 0 Å². The number of hydrogen-bond acceptors (Lipinski definition) is 4. The van der Waals surface area contributed by atoms with Crippen molar-refractivity contribution in [3.63, 3.8) is 0 Å². The summed E-state index contributed by atoms with van der Waals surface area (Å²) in [4.78, 5) is 10.4. The Bertz CT molecular complexity index is 596. The van der Waals surface area contributed by atoms with Crippen molar-refractivity contribution in [1.82, 2.24) is 0 Å². The minimum Gasteiger partial charge on any atom is -0.508 e. The lowest BCUT2D eigenvalue weighted by molar-refractivity contribution is -0.384. The summed E-state index contributed by atoms with van der Waals surface area (Å²) in [6.07, 6.45) is 0. The summed E-state index contributed by atoms with van der Waals surface area (Å²) in [5.41, 5.74) is 0.864. The Balaban J connectivity index is 2.22. The topological polar surface area (TPSA) is 75.4 Å². The molecular formula is C13H11ClN2O3. The first-order valence-electron chi connectivity index (χ1n) is 5.53. The smallest absolute Gasteiger partial charge is 0.292 e. The van der Waals surface area contributed by atoms with E-state index in [2.05, 4.69) is 5.32 Å². The number of phenolic OH excluding ortho intramolecular Hbond substituents is 1. The highest BCUT2D eigenvalue weighted by Crippen LogP contribution is 2.28. The third-order valence-electron chi connectivity index (χ3n) is 2.65. The zero-order valence-corrected chi connectivity index (χ0v) is 10.6. The summed E-state index contributed by atoms with van der Waals surface area (Å²) >= 11 is 5.96. The standard InChI is InChI=1S/C13H11ClN2O3/c14-10-4-3-7-13(17)9(10)8-15-11-5-1-2-6-12(11)16(18)19/h1-7,15,17H,8H2. The second-order valence-corrected chi connectivity index (χ2v) is 4.27. The van der Waals surface area contributed by atoms with Gasteiger partial charge in [-0.25, -0.2) is 0 Å². The number of para-hydroxylation sites is 2. The van der Waals surface area contributed by atoms with Gasteiger partial charge in [-0.2, -0.15) is 0 Å². The van der Waals surface area contributed by atoms with Gasteiger partial charge in [0.25, 0.3) is 5.69 Å². The molecule has 19 heavy (non-hydrogen) atoms. The van der Waals surface area contributed by atoms with Gasteiger partial charge in [-0.15, -0.1) is 0 Å². The number of nitro groups is 1. The normalized spacial score (nSPS) is 10.2. The summed E-state index contributed by atoms with van der Waals surface area (Å²) < 4.78 is 0. The molecule has 6 heteroatoms. The van der Waals surface area contributed by atoms with E-state index in [4.69, 9.17) is 11.6 Å². The maximum absolute atomic E-state index is 10.9. The average Bonchev–Trinajstić information content (AvgIpc) is 2.38. The molecule has 2 rings (SSSR count). The van der Waals surface area contributed by atoms with Crippen LogP contribution >= 0.6 is 11.6 Å². The van der Waals surface area contributed by atoms with Crippen LogP contribution in [0.1, 0.15) is 5.56 Å². The van der Waals surface area contributed by atoms with Crippen molar-refractivity contribution < 1.29 is 10.0 Å². The zero-order chi connectivity index (χ0) is 13.8. The average molecular weight is 279 g/mol.